The normalized spacial score (nSPS) is 10.6. The van der Waals surface area contributed by atoms with Crippen molar-refractivity contribution in [3.8, 4) is 11.5 Å². The van der Waals surface area contributed by atoms with Gasteiger partial charge in [-0.1, -0.05) is 41.9 Å². The minimum atomic E-state index is -0.466. The summed E-state index contributed by atoms with van der Waals surface area (Å²) in [5, 5.41) is 6.91. The molecule has 2 N–H and O–H groups in total. The molecule has 164 valence electrons. The maximum Gasteiger partial charge on any atom is 0.259 e. The second kappa shape index (κ2) is 11.5. The molecule has 0 saturated heterocycles. The second-order valence-corrected chi connectivity index (χ2v) is 7.10. The molecule has 32 heavy (non-hydrogen) atoms. The average molecular weight is 452 g/mol. The Morgan fingerprint density at radius 2 is 1.84 bits per heavy atom. The number of methoxy groups -OCH3 is 1. The first-order chi connectivity index (χ1) is 15.5. The maximum absolute atomic E-state index is 12.1. The molecule has 0 radical (unpaired) electrons. The number of carbonyl (C=O) groups is 2. The summed E-state index contributed by atoms with van der Waals surface area (Å²) in [6, 6.07) is 21.4. The molecule has 0 unspecified atom stereocenters. The van der Waals surface area contributed by atoms with Gasteiger partial charge in [-0.3, -0.25) is 9.59 Å². The molecule has 0 fully saturated rings. The van der Waals surface area contributed by atoms with Crippen molar-refractivity contribution in [2.45, 2.75) is 6.61 Å². The predicted octanol–water partition coefficient (Wildman–Crippen LogP) is 3.81. The third-order valence-corrected chi connectivity index (χ3v) is 4.57. The van der Waals surface area contributed by atoms with E-state index in [-0.39, 0.29) is 6.54 Å². The molecule has 0 aromatic heterocycles. The lowest BCUT2D eigenvalue weighted by Gasteiger charge is -2.10. The molecule has 0 saturated carbocycles. The molecule has 7 nitrogen and oxygen atoms in total. The van der Waals surface area contributed by atoms with Crippen LogP contribution in [0.5, 0.6) is 11.5 Å². The molecule has 0 aliphatic carbocycles. The van der Waals surface area contributed by atoms with Gasteiger partial charge in [-0.2, -0.15) is 5.10 Å². The van der Waals surface area contributed by atoms with Crippen molar-refractivity contribution >= 4 is 29.6 Å². The fraction of sp³-hybridized carbons (Fsp3) is 0.125. The van der Waals surface area contributed by atoms with Gasteiger partial charge in [-0.05, 0) is 48.0 Å². The Kier molecular flexibility index (Phi) is 8.22. The van der Waals surface area contributed by atoms with Gasteiger partial charge in [0.25, 0.3) is 11.8 Å². The van der Waals surface area contributed by atoms with Gasteiger partial charge in [-0.15, -0.1) is 0 Å². The third-order valence-electron chi connectivity index (χ3n) is 4.34. The lowest BCUT2D eigenvalue weighted by molar-refractivity contribution is -0.120. The molecule has 0 bridgehead atoms. The molecular weight excluding hydrogens is 430 g/mol. The number of halogens is 1. The summed E-state index contributed by atoms with van der Waals surface area (Å²) < 4.78 is 11.1. The van der Waals surface area contributed by atoms with Crippen LogP contribution in [-0.4, -0.2) is 31.7 Å². The molecule has 0 aliphatic heterocycles. The number of nitrogens with one attached hydrogen (secondary N) is 2. The summed E-state index contributed by atoms with van der Waals surface area (Å²) in [7, 11) is 1.61. The average Bonchev–Trinajstić information content (AvgIpc) is 2.82. The van der Waals surface area contributed by atoms with E-state index in [0.717, 1.165) is 11.3 Å². The lowest BCUT2D eigenvalue weighted by Crippen LogP contribution is -2.34. The van der Waals surface area contributed by atoms with E-state index in [0.29, 0.717) is 28.5 Å². The Hall–Kier alpha value is -3.84. The van der Waals surface area contributed by atoms with Crippen LogP contribution in [0.2, 0.25) is 5.02 Å². The quantitative estimate of drug-likeness (QED) is 0.382. The van der Waals surface area contributed by atoms with Crippen LogP contribution in [0.25, 0.3) is 0 Å². The van der Waals surface area contributed by atoms with Crippen LogP contribution in [0.3, 0.4) is 0 Å². The van der Waals surface area contributed by atoms with E-state index in [1.807, 2.05) is 48.5 Å². The van der Waals surface area contributed by atoms with Crippen molar-refractivity contribution < 1.29 is 19.1 Å². The summed E-state index contributed by atoms with van der Waals surface area (Å²) >= 11 is 5.87. The number of rotatable bonds is 9. The SMILES string of the molecule is COc1cccc(COc2ccccc2/C=N\NC(=O)CNC(=O)c2cccc(Cl)c2)c1. The zero-order valence-electron chi connectivity index (χ0n) is 17.4. The number of nitrogens with zero attached hydrogens (tertiary/aromatic N) is 1. The van der Waals surface area contributed by atoms with Crippen LogP contribution in [0.15, 0.2) is 77.9 Å². The highest BCUT2D eigenvalue weighted by molar-refractivity contribution is 6.31. The van der Waals surface area contributed by atoms with Gasteiger partial charge < -0.3 is 14.8 Å². The second-order valence-electron chi connectivity index (χ2n) is 6.66. The highest BCUT2D eigenvalue weighted by Crippen LogP contribution is 2.19. The Bertz CT molecular complexity index is 1120. The van der Waals surface area contributed by atoms with Crippen molar-refractivity contribution in [2.75, 3.05) is 13.7 Å². The molecule has 3 rings (SSSR count). The van der Waals surface area contributed by atoms with Crippen LogP contribution < -0.4 is 20.2 Å². The smallest absolute Gasteiger partial charge is 0.259 e. The van der Waals surface area contributed by atoms with Gasteiger partial charge in [0, 0.05) is 16.1 Å². The summed E-state index contributed by atoms with van der Waals surface area (Å²) in [6.45, 7) is 0.126. The molecule has 3 aromatic rings. The molecule has 0 spiro atoms. The van der Waals surface area contributed by atoms with Crippen molar-refractivity contribution in [3.63, 3.8) is 0 Å². The molecule has 3 aromatic carbocycles. The first kappa shape index (κ1) is 22.8. The van der Waals surface area contributed by atoms with E-state index in [4.69, 9.17) is 21.1 Å². The van der Waals surface area contributed by atoms with Gasteiger partial charge in [0.2, 0.25) is 0 Å². The first-order valence-electron chi connectivity index (χ1n) is 9.75. The number of ether oxygens (including phenoxy) is 2. The third kappa shape index (κ3) is 6.85. The van der Waals surface area contributed by atoms with Crippen molar-refractivity contribution in [1.82, 2.24) is 10.7 Å². The van der Waals surface area contributed by atoms with Crippen molar-refractivity contribution in [2.24, 2.45) is 5.10 Å². The summed E-state index contributed by atoms with van der Waals surface area (Å²) in [4.78, 5) is 24.0. The molecular formula is C24H22ClN3O4. The van der Waals surface area contributed by atoms with Crippen LogP contribution in [0.4, 0.5) is 0 Å². The minimum absolute atomic E-state index is 0.226. The van der Waals surface area contributed by atoms with Gasteiger partial charge in [0.05, 0.1) is 19.9 Å². The lowest BCUT2D eigenvalue weighted by atomic mass is 10.2. The number of amides is 2. The standard InChI is InChI=1S/C24H22ClN3O4/c1-31-21-10-4-6-17(12-21)16-32-22-11-3-2-7-19(22)14-27-28-23(29)15-26-24(30)18-8-5-9-20(25)13-18/h2-14H,15-16H2,1H3,(H,26,30)(H,28,29)/b27-14-. The first-order valence-corrected chi connectivity index (χ1v) is 10.1. The van der Waals surface area contributed by atoms with Gasteiger partial charge in [0.1, 0.15) is 18.1 Å². The topological polar surface area (TPSA) is 89.0 Å². The molecule has 0 heterocycles. The Labute approximate surface area is 191 Å². The highest BCUT2D eigenvalue weighted by Gasteiger charge is 2.08. The zero-order chi connectivity index (χ0) is 22.8. The molecule has 0 atom stereocenters. The monoisotopic (exact) mass is 451 g/mol. The van der Waals surface area contributed by atoms with Crippen LogP contribution in [0, 0.1) is 0 Å². The minimum Gasteiger partial charge on any atom is -0.497 e. The van der Waals surface area contributed by atoms with E-state index >= 15 is 0 Å². The molecule has 8 heteroatoms. The number of hydrogen-bond acceptors (Lipinski definition) is 5. The van der Waals surface area contributed by atoms with Crippen molar-refractivity contribution in [1.29, 1.82) is 0 Å². The maximum atomic E-state index is 12.1. The summed E-state index contributed by atoms with van der Waals surface area (Å²) in [5.41, 5.74) is 4.41. The summed E-state index contributed by atoms with van der Waals surface area (Å²) in [6.07, 6.45) is 1.48. The number of para-hydroxylation sites is 1. The van der Waals surface area contributed by atoms with E-state index in [1.165, 1.54) is 12.3 Å². The molecule has 2 amide bonds. The fourth-order valence-corrected chi connectivity index (χ4v) is 2.94. The number of benzene rings is 3. The number of hydrazone groups is 1. The zero-order valence-corrected chi connectivity index (χ0v) is 18.1. The van der Waals surface area contributed by atoms with Crippen LogP contribution in [-0.2, 0) is 11.4 Å². The van der Waals surface area contributed by atoms with E-state index in [1.54, 1.807) is 25.3 Å². The molecule has 0 aliphatic rings. The number of carbonyl (C=O) groups excluding carboxylic acids is 2. The Morgan fingerprint density at radius 3 is 2.66 bits per heavy atom. The predicted molar refractivity (Wildman–Crippen MR) is 123 cm³/mol. The summed E-state index contributed by atoms with van der Waals surface area (Å²) in [5.74, 6) is 0.503. The highest BCUT2D eigenvalue weighted by atomic mass is 35.5. The van der Waals surface area contributed by atoms with E-state index in [2.05, 4.69) is 15.8 Å². The van der Waals surface area contributed by atoms with E-state index in [9.17, 15) is 9.59 Å². The van der Waals surface area contributed by atoms with Crippen LogP contribution >= 0.6 is 11.6 Å². The van der Waals surface area contributed by atoms with Crippen LogP contribution in [0.1, 0.15) is 21.5 Å². The van der Waals surface area contributed by atoms with Gasteiger partial charge >= 0.3 is 0 Å². The number of hydrogen-bond donors (Lipinski definition) is 2. The largest absolute Gasteiger partial charge is 0.497 e. The van der Waals surface area contributed by atoms with Gasteiger partial charge in [0.15, 0.2) is 0 Å². The fourth-order valence-electron chi connectivity index (χ4n) is 2.75. The van der Waals surface area contributed by atoms with E-state index < -0.39 is 11.8 Å². The Balaban J connectivity index is 1.51. The van der Waals surface area contributed by atoms with Crippen molar-refractivity contribution in [3.05, 3.63) is 94.5 Å². The Morgan fingerprint density at radius 1 is 1.03 bits per heavy atom. The van der Waals surface area contributed by atoms with Gasteiger partial charge in [-0.25, -0.2) is 5.43 Å².